The highest BCUT2D eigenvalue weighted by Crippen LogP contribution is 2.28. The van der Waals surface area contributed by atoms with Gasteiger partial charge in [0.1, 0.15) is 5.75 Å². The molecule has 0 aliphatic carbocycles. The molecule has 0 aromatic heterocycles. The Labute approximate surface area is 114 Å². The van der Waals surface area contributed by atoms with Gasteiger partial charge in [-0.15, -0.1) is 0 Å². The minimum absolute atomic E-state index is 0.121. The summed E-state index contributed by atoms with van der Waals surface area (Å²) < 4.78 is 28.3. The summed E-state index contributed by atoms with van der Waals surface area (Å²) >= 11 is 0. The molecular formula is C13H19ClO3S. The van der Waals surface area contributed by atoms with Gasteiger partial charge in [-0.05, 0) is 49.4 Å². The van der Waals surface area contributed by atoms with Gasteiger partial charge in [0.2, 0.25) is 0 Å². The Balaban J connectivity index is 2.95. The molecule has 0 aliphatic heterocycles. The zero-order valence-electron chi connectivity index (χ0n) is 11.2. The molecule has 18 heavy (non-hydrogen) atoms. The summed E-state index contributed by atoms with van der Waals surface area (Å²) in [5.41, 5.74) is 1.58. The minimum atomic E-state index is -3.68. The summed E-state index contributed by atoms with van der Waals surface area (Å²) in [4.78, 5) is 0.121. The highest BCUT2D eigenvalue weighted by Gasteiger charge is 2.14. The molecule has 0 atom stereocenters. The third-order valence-corrected chi connectivity index (χ3v) is 3.99. The smallest absolute Gasteiger partial charge is 0.261 e. The molecule has 0 heterocycles. The van der Waals surface area contributed by atoms with Crippen LogP contribution < -0.4 is 4.74 Å². The lowest BCUT2D eigenvalue weighted by Gasteiger charge is -2.14. The maximum Gasteiger partial charge on any atom is 0.261 e. The van der Waals surface area contributed by atoms with Crippen molar-refractivity contribution in [1.82, 2.24) is 0 Å². The van der Waals surface area contributed by atoms with Gasteiger partial charge >= 0.3 is 0 Å². The van der Waals surface area contributed by atoms with Crippen LogP contribution in [0.1, 0.15) is 31.4 Å². The lowest BCUT2D eigenvalue weighted by molar-refractivity contribution is 0.286. The van der Waals surface area contributed by atoms with Crippen molar-refractivity contribution in [3.63, 3.8) is 0 Å². The molecule has 0 spiro atoms. The van der Waals surface area contributed by atoms with Crippen molar-refractivity contribution >= 4 is 19.7 Å². The number of ether oxygens (including phenoxy) is 1. The first-order valence-electron chi connectivity index (χ1n) is 5.90. The molecule has 0 saturated heterocycles. The van der Waals surface area contributed by atoms with E-state index in [4.69, 9.17) is 15.4 Å². The fraction of sp³-hybridized carbons (Fsp3) is 0.538. The summed E-state index contributed by atoms with van der Waals surface area (Å²) in [7, 11) is 1.65. The second kappa shape index (κ2) is 5.93. The molecule has 1 aromatic rings. The van der Waals surface area contributed by atoms with Crippen molar-refractivity contribution < 1.29 is 13.2 Å². The molecule has 0 saturated carbocycles. The quantitative estimate of drug-likeness (QED) is 0.777. The topological polar surface area (TPSA) is 43.4 Å². The Kier molecular flexibility index (Phi) is 5.05. The van der Waals surface area contributed by atoms with E-state index in [1.54, 1.807) is 12.1 Å². The van der Waals surface area contributed by atoms with E-state index in [-0.39, 0.29) is 4.90 Å². The summed E-state index contributed by atoms with van der Waals surface area (Å²) in [6.45, 7) is 8.54. The van der Waals surface area contributed by atoms with Crippen LogP contribution in [0.5, 0.6) is 5.75 Å². The average Bonchev–Trinajstić information content (AvgIpc) is 2.20. The predicted molar refractivity (Wildman–Crippen MR) is 73.9 cm³/mol. The van der Waals surface area contributed by atoms with Gasteiger partial charge in [-0.3, -0.25) is 0 Å². The van der Waals surface area contributed by atoms with Gasteiger partial charge in [0.25, 0.3) is 9.05 Å². The van der Waals surface area contributed by atoms with Crippen LogP contribution in [0.2, 0.25) is 0 Å². The van der Waals surface area contributed by atoms with Gasteiger partial charge in [0.05, 0.1) is 11.5 Å². The lowest BCUT2D eigenvalue weighted by Crippen LogP contribution is -2.04. The van der Waals surface area contributed by atoms with Crippen LogP contribution in [-0.2, 0) is 9.05 Å². The van der Waals surface area contributed by atoms with E-state index in [1.807, 2.05) is 13.8 Å². The molecule has 1 rings (SSSR count). The number of benzene rings is 1. The molecule has 0 aliphatic rings. The van der Waals surface area contributed by atoms with Crippen LogP contribution in [0.25, 0.3) is 0 Å². The number of aryl methyl sites for hydroxylation is 2. The van der Waals surface area contributed by atoms with Gasteiger partial charge in [0.15, 0.2) is 0 Å². The van der Waals surface area contributed by atoms with Crippen molar-refractivity contribution in [2.75, 3.05) is 6.61 Å². The summed E-state index contributed by atoms with van der Waals surface area (Å²) in [5.74, 6) is 1.33. The second-order valence-electron chi connectivity index (χ2n) is 4.86. The predicted octanol–water partition coefficient (Wildman–Crippen LogP) is 3.66. The largest absolute Gasteiger partial charge is 0.493 e. The van der Waals surface area contributed by atoms with Crippen LogP contribution in [0, 0.1) is 19.8 Å². The molecule has 0 bridgehead atoms. The van der Waals surface area contributed by atoms with Gasteiger partial charge in [-0.2, -0.15) is 0 Å². The standard InChI is InChI=1S/C13H19ClO3S/c1-9(2)5-6-17-13-10(3)7-12(8-11(13)4)18(14,15)16/h7-9H,5-6H2,1-4H3. The molecule has 0 amide bonds. The zero-order valence-corrected chi connectivity index (χ0v) is 12.7. The monoisotopic (exact) mass is 290 g/mol. The number of hydrogen-bond donors (Lipinski definition) is 0. The maximum atomic E-state index is 11.3. The molecule has 0 fully saturated rings. The first-order valence-corrected chi connectivity index (χ1v) is 8.21. The highest BCUT2D eigenvalue weighted by molar-refractivity contribution is 8.13. The SMILES string of the molecule is Cc1cc(S(=O)(=O)Cl)cc(C)c1OCCC(C)C. The summed E-state index contributed by atoms with van der Waals surface area (Å²) in [6, 6.07) is 3.08. The maximum absolute atomic E-state index is 11.3. The molecule has 0 unspecified atom stereocenters. The third-order valence-electron chi connectivity index (χ3n) is 2.66. The molecule has 0 radical (unpaired) electrons. The van der Waals surface area contributed by atoms with Gasteiger partial charge in [-0.25, -0.2) is 8.42 Å². The van der Waals surface area contributed by atoms with E-state index in [0.29, 0.717) is 12.5 Å². The van der Waals surface area contributed by atoms with Crippen LogP contribution in [0.3, 0.4) is 0 Å². The van der Waals surface area contributed by atoms with Crippen LogP contribution >= 0.6 is 10.7 Å². The van der Waals surface area contributed by atoms with Crippen LogP contribution in [0.15, 0.2) is 17.0 Å². The normalized spacial score (nSPS) is 11.9. The van der Waals surface area contributed by atoms with Crippen LogP contribution in [-0.4, -0.2) is 15.0 Å². The van der Waals surface area contributed by atoms with Crippen LogP contribution in [0.4, 0.5) is 0 Å². The third kappa shape index (κ3) is 4.18. The Morgan fingerprint density at radius 3 is 2.11 bits per heavy atom. The van der Waals surface area contributed by atoms with E-state index in [0.717, 1.165) is 23.3 Å². The number of hydrogen-bond acceptors (Lipinski definition) is 3. The Morgan fingerprint density at radius 1 is 1.22 bits per heavy atom. The first-order chi connectivity index (χ1) is 8.21. The lowest BCUT2D eigenvalue weighted by atomic mass is 10.1. The van der Waals surface area contributed by atoms with E-state index in [2.05, 4.69) is 13.8 Å². The molecule has 5 heteroatoms. The minimum Gasteiger partial charge on any atom is -0.493 e. The Bertz CT molecular complexity index is 498. The molecule has 1 aromatic carbocycles. The highest BCUT2D eigenvalue weighted by atomic mass is 35.7. The number of rotatable bonds is 5. The summed E-state index contributed by atoms with van der Waals surface area (Å²) in [5, 5.41) is 0. The van der Waals surface area contributed by atoms with Crippen molar-refractivity contribution in [2.24, 2.45) is 5.92 Å². The fourth-order valence-corrected chi connectivity index (χ4v) is 2.58. The molecule has 0 N–H and O–H groups in total. The van der Waals surface area contributed by atoms with E-state index < -0.39 is 9.05 Å². The van der Waals surface area contributed by atoms with Gasteiger partial charge < -0.3 is 4.74 Å². The van der Waals surface area contributed by atoms with Crippen molar-refractivity contribution in [1.29, 1.82) is 0 Å². The summed E-state index contributed by atoms with van der Waals surface area (Å²) in [6.07, 6.45) is 0.967. The Morgan fingerprint density at radius 2 is 1.72 bits per heavy atom. The Hall–Kier alpha value is -0.740. The van der Waals surface area contributed by atoms with Gasteiger partial charge in [0, 0.05) is 10.7 Å². The zero-order chi connectivity index (χ0) is 13.9. The van der Waals surface area contributed by atoms with E-state index in [1.165, 1.54) is 0 Å². The molecule has 102 valence electrons. The van der Waals surface area contributed by atoms with E-state index in [9.17, 15) is 8.42 Å². The second-order valence-corrected chi connectivity index (χ2v) is 7.42. The first kappa shape index (κ1) is 15.3. The number of halogens is 1. The van der Waals surface area contributed by atoms with Gasteiger partial charge in [-0.1, -0.05) is 13.8 Å². The molecular weight excluding hydrogens is 272 g/mol. The van der Waals surface area contributed by atoms with Crippen molar-refractivity contribution in [2.45, 2.75) is 39.0 Å². The van der Waals surface area contributed by atoms with E-state index >= 15 is 0 Å². The average molecular weight is 291 g/mol. The van der Waals surface area contributed by atoms with Crippen molar-refractivity contribution in [3.05, 3.63) is 23.3 Å². The molecule has 3 nitrogen and oxygen atoms in total. The van der Waals surface area contributed by atoms with Crippen molar-refractivity contribution in [3.8, 4) is 5.75 Å². The fourth-order valence-electron chi connectivity index (χ4n) is 1.68.